The Morgan fingerprint density at radius 2 is 1.87 bits per heavy atom. The lowest BCUT2D eigenvalue weighted by Crippen LogP contribution is -2.46. The van der Waals surface area contributed by atoms with Crippen LogP contribution in [0.4, 0.5) is 5.69 Å². The average molecular weight is 315 g/mol. The van der Waals surface area contributed by atoms with E-state index in [1.165, 1.54) is 0 Å². The van der Waals surface area contributed by atoms with E-state index >= 15 is 0 Å². The molecule has 122 valence electrons. The summed E-state index contributed by atoms with van der Waals surface area (Å²) in [6, 6.07) is 7.50. The van der Waals surface area contributed by atoms with Gasteiger partial charge in [-0.15, -0.1) is 10.2 Å². The maximum Gasteiger partial charge on any atom is 0.278 e. The molecule has 1 fully saturated rings. The monoisotopic (exact) mass is 315 g/mol. The molecule has 0 spiro atoms. The molecule has 7 heteroatoms. The number of benzene rings is 1. The molecule has 1 amide bonds. The number of likely N-dealkylation sites (N-methyl/N-ethyl adjacent to an activating group) is 1. The van der Waals surface area contributed by atoms with E-state index in [2.05, 4.69) is 27.1 Å². The molecule has 0 aliphatic carbocycles. The van der Waals surface area contributed by atoms with E-state index in [4.69, 9.17) is 0 Å². The third kappa shape index (κ3) is 3.25. The fraction of sp³-hybridized carbons (Fsp3) is 0.438. The number of azo groups is 1. The quantitative estimate of drug-likeness (QED) is 0.876. The maximum absolute atomic E-state index is 12.0. The number of carbonyl (C=O) groups excluding carboxylic acids is 1. The number of fused-ring (bicyclic) bond motifs is 1. The molecule has 23 heavy (non-hydrogen) atoms. The summed E-state index contributed by atoms with van der Waals surface area (Å²) in [6.07, 6.45) is 0. The van der Waals surface area contributed by atoms with Gasteiger partial charge in [-0.3, -0.25) is 9.69 Å². The number of nitrogens with zero attached hydrogens (tertiary/aromatic N) is 5. The summed E-state index contributed by atoms with van der Waals surface area (Å²) in [6.45, 7) is 3.89. The Labute approximate surface area is 134 Å². The summed E-state index contributed by atoms with van der Waals surface area (Å²) in [4.78, 5) is 16.3. The predicted molar refractivity (Wildman–Crippen MR) is 88.0 cm³/mol. The number of amides is 1. The van der Waals surface area contributed by atoms with Gasteiger partial charge in [0.1, 0.15) is 0 Å². The van der Waals surface area contributed by atoms with Crippen molar-refractivity contribution in [1.29, 1.82) is 0 Å². The Morgan fingerprint density at radius 1 is 1.17 bits per heavy atom. The molecule has 0 atom stereocenters. The van der Waals surface area contributed by atoms with Crippen molar-refractivity contribution in [3.05, 3.63) is 24.3 Å². The summed E-state index contributed by atoms with van der Waals surface area (Å²) < 4.78 is 1.63. The minimum Gasteiger partial charge on any atom is -0.493 e. The second kappa shape index (κ2) is 6.47. The number of para-hydroxylation sites is 1. The SMILES string of the molecule is CN1CCN(CC(=O)N=Nc2c(O)n(C)c3ccccc23)CC1. The van der Waals surface area contributed by atoms with Crippen molar-refractivity contribution in [3.8, 4) is 5.88 Å². The molecule has 3 rings (SSSR count). The van der Waals surface area contributed by atoms with Crippen LogP contribution >= 0.6 is 0 Å². The molecular weight excluding hydrogens is 294 g/mol. The Bertz CT molecular complexity index is 744. The normalized spacial score (nSPS) is 17.3. The topological polar surface area (TPSA) is 73.4 Å². The molecule has 0 saturated carbocycles. The van der Waals surface area contributed by atoms with Gasteiger partial charge in [0.05, 0.1) is 12.1 Å². The van der Waals surface area contributed by atoms with Crippen molar-refractivity contribution < 1.29 is 9.90 Å². The highest BCUT2D eigenvalue weighted by Gasteiger charge is 2.17. The van der Waals surface area contributed by atoms with E-state index in [9.17, 15) is 9.90 Å². The first kappa shape index (κ1) is 15.6. The summed E-state index contributed by atoms with van der Waals surface area (Å²) in [5.74, 6) is -0.274. The van der Waals surface area contributed by atoms with Crippen LogP contribution in [0.5, 0.6) is 5.88 Å². The van der Waals surface area contributed by atoms with Crippen LogP contribution < -0.4 is 0 Å². The molecule has 1 N–H and O–H groups in total. The van der Waals surface area contributed by atoms with E-state index in [1.807, 2.05) is 24.3 Å². The number of rotatable bonds is 3. The van der Waals surface area contributed by atoms with Crippen molar-refractivity contribution in [2.45, 2.75) is 0 Å². The third-order valence-electron chi connectivity index (χ3n) is 4.27. The van der Waals surface area contributed by atoms with Gasteiger partial charge in [0, 0.05) is 38.6 Å². The summed E-state index contributed by atoms with van der Waals surface area (Å²) >= 11 is 0. The van der Waals surface area contributed by atoms with Gasteiger partial charge >= 0.3 is 0 Å². The molecule has 0 unspecified atom stereocenters. The van der Waals surface area contributed by atoms with Gasteiger partial charge in [-0.1, -0.05) is 18.2 Å². The van der Waals surface area contributed by atoms with Gasteiger partial charge in [-0.2, -0.15) is 0 Å². The van der Waals surface area contributed by atoms with E-state index in [0.29, 0.717) is 5.69 Å². The highest BCUT2D eigenvalue weighted by molar-refractivity contribution is 5.95. The fourth-order valence-corrected chi connectivity index (χ4v) is 2.79. The summed E-state index contributed by atoms with van der Waals surface area (Å²) in [5.41, 5.74) is 1.19. The van der Waals surface area contributed by atoms with Crippen LogP contribution in [0.25, 0.3) is 10.9 Å². The maximum atomic E-state index is 12.0. The second-order valence-electron chi connectivity index (χ2n) is 5.92. The number of hydrogen-bond acceptors (Lipinski definition) is 5. The first-order chi connectivity index (χ1) is 11.1. The number of carbonyl (C=O) groups is 1. The van der Waals surface area contributed by atoms with Gasteiger partial charge in [0.25, 0.3) is 5.91 Å². The van der Waals surface area contributed by atoms with Gasteiger partial charge < -0.3 is 14.6 Å². The van der Waals surface area contributed by atoms with Gasteiger partial charge in [-0.05, 0) is 13.1 Å². The lowest BCUT2D eigenvalue weighted by Gasteiger charge is -2.31. The molecule has 1 aromatic carbocycles. The molecule has 2 aromatic rings. The fourth-order valence-electron chi connectivity index (χ4n) is 2.79. The van der Waals surface area contributed by atoms with Crippen molar-refractivity contribution in [1.82, 2.24) is 14.4 Å². The van der Waals surface area contributed by atoms with Crippen LogP contribution in [0.3, 0.4) is 0 Å². The van der Waals surface area contributed by atoms with Gasteiger partial charge in [0.15, 0.2) is 5.69 Å². The van der Waals surface area contributed by atoms with Crippen molar-refractivity contribution >= 4 is 22.5 Å². The van der Waals surface area contributed by atoms with Crippen LogP contribution in [-0.2, 0) is 11.8 Å². The van der Waals surface area contributed by atoms with Crippen molar-refractivity contribution in [3.63, 3.8) is 0 Å². The molecule has 0 bridgehead atoms. The summed E-state index contributed by atoms with van der Waals surface area (Å²) in [5, 5.41) is 18.7. The van der Waals surface area contributed by atoms with Crippen molar-refractivity contribution in [2.24, 2.45) is 17.3 Å². The Kier molecular flexibility index (Phi) is 4.40. The van der Waals surface area contributed by atoms with Gasteiger partial charge in [-0.25, -0.2) is 0 Å². The van der Waals surface area contributed by atoms with Crippen molar-refractivity contribution in [2.75, 3.05) is 39.8 Å². The molecule has 7 nitrogen and oxygen atoms in total. The molecule has 1 aliphatic heterocycles. The largest absolute Gasteiger partial charge is 0.493 e. The van der Waals surface area contributed by atoms with Crippen LogP contribution in [0.1, 0.15) is 0 Å². The van der Waals surface area contributed by atoms with Crippen LogP contribution in [-0.4, -0.2) is 65.2 Å². The lowest BCUT2D eigenvalue weighted by atomic mass is 10.2. The third-order valence-corrected chi connectivity index (χ3v) is 4.27. The Balaban J connectivity index is 1.73. The van der Waals surface area contributed by atoms with Crippen LogP contribution in [0.2, 0.25) is 0 Å². The number of aromatic hydroxyl groups is 1. The smallest absolute Gasteiger partial charge is 0.278 e. The standard InChI is InChI=1S/C16H21N5O2/c1-19-7-9-21(10-8-19)11-14(22)17-18-15-12-5-3-4-6-13(12)20(2)16(15)23/h3-6,23H,7-11H2,1-2H3. The molecule has 1 aromatic heterocycles. The minimum atomic E-state index is -0.290. The van der Waals surface area contributed by atoms with E-state index < -0.39 is 0 Å². The van der Waals surface area contributed by atoms with E-state index in [1.54, 1.807) is 11.6 Å². The number of hydrogen-bond donors (Lipinski definition) is 1. The van der Waals surface area contributed by atoms with E-state index in [-0.39, 0.29) is 18.3 Å². The Hall–Kier alpha value is -2.25. The molecule has 1 aliphatic rings. The Morgan fingerprint density at radius 3 is 2.61 bits per heavy atom. The highest BCUT2D eigenvalue weighted by Crippen LogP contribution is 2.37. The molecule has 1 saturated heterocycles. The number of piperazine rings is 1. The molecule has 0 radical (unpaired) electrons. The van der Waals surface area contributed by atoms with Gasteiger partial charge in [0.2, 0.25) is 5.88 Å². The minimum absolute atomic E-state index is 0.0161. The average Bonchev–Trinajstić information content (AvgIpc) is 2.80. The zero-order chi connectivity index (χ0) is 16.4. The molecular formula is C16H21N5O2. The van der Waals surface area contributed by atoms with Crippen LogP contribution in [0.15, 0.2) is 34.5 Å². The first-order valence-corrected chi connectivity index (χ1v) is 7.68. The zero-order valence-corrected chi connectivity index (χ0v) is 13.4. The summed E-state index contributed by atoms with van der Waals surface area (Å²) in [7, 11) is 3.82. The van der Waals surface area contributed by atoms with Crippen LogP contribution in [0, 0.1) is 0 Å². The first-order valence-electron chi connectivity index (χ1n) is 7.68. The number of aromatic nitrogens is 1. The predicted octanol–water partition coefficient (Wildman–Crippen LogP) is 1.74. The second-order valence-corrected chi connectivity index (χ2v) is 5.92. The molecule has 2 heterocycles. The lowest BCUT2D eigenvalue weighted by molar-refractivity contribution is -0.119. The van der Waals surface area contributed by atoms with E-state index in [0.717, 1.165) is 37.1 Å². The zero-order valence-electron chi connectivity index (χ0n) is 13.4. The number of aryl methyl sites for hydroxylation is 1. The highest BCUT2D eigenvalue weighted by atomic mass is 16.3.